The van der Waals surface area contributed by atoms with E-state index in [2.05, 4.69) is 10.2 Å². The lowest BCUT2D eigenvalue weighted by Gasteiger charge is -2.32. The smallest absolute Gasteiger partial charge is 0.320 e. The molecule has 5 heteroatoms. The molecule has 5 nitrogen and oxygen atoms in total. The van der Waals surface area contributed by atoms with Crippen molar-refractivity contribution in [2.75, 3.05) is 26.2 Å². The molecular formula is C12H22N2O3. The minimum Gasteiger partial charge on any atom is -0.480 e. The quantitative estimate of drug-likeness (QED) is 0.701. The van der Waals surface area contributed by atoms with E-state index in [1.165, 1.54) is 0 Å². The van der Waals surface area contributed by atoms with Crippen molar-refractivity contribution in [2.24, 2.45) is 0 Å². The van der Waals surface area contributed by atoms with Gasteiger partial charge in [-0.3, -0.25) is 9.69 Å². The van der Waals surface area contributed by atoms with E-state index in [0.29, 0.717) is 25.2 Å². The Morgan fingerprint density at radius 2 is 2.12 bits per heavy atom. The van der Waals surface area contributed by atoms with Crippen LogP contribution in [0.4, 0.5) is 0 Å². The van der Waals surface area contributed by atoms with Crippen LogP contribution in [0.25, 0.3) is 0 Å². The number of hydrogen-bond acceptors (Lipinski definition) is 4. The monoisotopic (exact) mass is 242 g/mol. The van der Waals surface area contributed by atoms with Crippen LogP contribution in [0.2, 0.25) is 0 Å². The summed E-state index contributed by atoms with van der Waals surface area (Å²) in [4.78, 5) is 13.3. The normalized spacial score (nSPS) is 30.4. The highest BCUT2D eigenvalue weighted by Crippen LogP contribution is 2.26. The van der Waals surface area contributed by atoms with Crippen molar-refractivity contribution in [3.8, 4) is 0 Å². The minimum atomic E-state index is -0.747. The lowest BCUT2D eigenvalue weighted by Crippen LogP contribution is -2.45. The Labute approximate surface area is 102 Å². The molecular weight excluding hydrogens is 220 g/mol. The summed E-state index contributed by atoms with van der Waals surface area (Å²) >= 11 is 0. The van der Waals surface area contributed by atoms with E-state index in [1.54, 1.807) is 0 Å². The summed E-state index contributed by atoms with van der Waals surface area (Å²) in [7, 11) is 0. The molecule has 2 aliphatic rings. The SMILES string of the molecule is CCNC(CCN1CC2CCC(C1)O2)C(=O)O. The van der Waals surface area contributed by atoms with Crippen LogP contribution in [0, 0.1) is 0 Å². The summed E-state index contributed by atoms with van der Waals surface area (Å²) < 4.78 is 5.76. The number of carboxylic acid groups (broad SMARTS) is 1. The molecule has 0 aromatic heterocycles. The maximum Gasteiger partial charge on any atom is 0.320 e. The number of fused-ring (bicyclic) bond motifs is 2. The van der Waals surface area contributed by atoms with E-state index in [-0.39, 0.29) is 0 Å². The molecule has 2 saturated heterocycles. The zero-order valence-electron chi connectivity index (χ0n) is 10.4. The van der Waals surface area contributed by atoms with Crippen molar-refractivity contribution in [3.05, 3.63) is 0 Å². The molecule has 0 aromatic rings. The number of nitrogens with zero attached hydrogens (tertiary/aromatic N) is 1. The first kappa shape index (κ1) is 12.8. The van der Waals surface area contributed by atoms with Crippen LogP contribution >= 0.6 is 0 Å². The highest BCUT2D eigenvalue weighted by atomic mass is 16.5. The summed E-state index contributed by atoms with van der Waals surface area (Å²) in [6.45, 7) is 5.42. The van der Waals surface area contributed by atoms with Crippen molar-refractivity contribution in [3.63, 3.8) is 0 Å². The molecule has 2 bridgehead atoms. The third-order valence-electron chi connectivity index (χ3n) is 3.60. The van der Waals surface area contributed by atoms with E-state index in [0.717, 1.165) is 32.5 Å². The highest BCUT2D eigenvalue weighted by Gasteiger charge is 2.33. The number of likely N-dealkylation sites (tertiary alicyclic amines) is 1. The Kier molecular flexibility index (Phi) is 4.36. The van der Waals surface area contributed by atoms with Crippen LogP contribution in [0.5, 0.6) is 0 Å². The number of carboxylic acids is 1. The van der Waals surface area contributed by atoms with Crippen LogP contribution < -0.4 is 5.32 Å². The van der Waals surface area contributed by atoms with Crippen molar-refractivity contribution in [1.82, 2.24) is 10.2 Å². The number of aliphatic carboxylic acids is 1. The number of carbonyl (C=O) groups is 1. The number of morpholine rings is 1. The average molecular weight is 242 g/mol. The van der Waals surface area contributed by atoms with Gasteiger partial charge in [-0.05, 0) is 25.8 Å². The van der Waals surface area contributed by atoms with Gasteiger partial charge in [-0.25, -0.2) is 0 Å². The maximum absolute atomic E-state index is 11.0. The van der Waals surface area contributed by atoms with Crippen LogP contribution in [0.3, 0.4) is 0 Å². The largest absolute Gasteiger partial charge is 0.480 e. The van der Waals surface area contributed by atoms with Gasteiger partial charge in [0.25, 0.3) is 0 Å². The molecule has 3 unspecified atom stereocenters. The highest BCUT2D eigenvalue weighted by molar-refractivity contribution is 5.73. The molecule has 0 aliphatic carbocycles. The lowest BCUT2D eigenvalue weighted by molar-refractivity contribution is -0.139. The third kappa shape index (κ3) is 3.40. The number of likely N-dealkylation sites (N-methyl/N-ethyl adjacent to an activating group) is 1. The van der Waals surface area contributed by atoms with Crippen LogP contribution in [-0.2, 0) is 9.53 Å². The standard InChI is InChI=1S/C12H22N2O3/c1-2-13-11(12(15)16)5-6-14-7-9-3-4-10(8-14)17-9/h9-11,13H,2-8H2,1H3,(H,15,16). The van der Waals surface area contributed by atoms with Gasteiger partial charge < -0.3 is 15.2 Å². The summed E-state index contributed by atoms with van der Waals surface area (Å²) in [5, 5.41) is 12.0. The van der Waals surface area contributed by atoms with Gasteiger partial charge in [0.15, 0.2) is 0 Å². The molecule has 2 fully saturated rings. The first-order valence-electron chi connectivity index (χ1n) is 6.53. The predicted molar refractivity (Wildman–Crippen MR) is 64.1 cm³/mol. The van der Waals surface area contributed by atoms with E-state index >= 15 is 0 Å². The van der Waals surface area contributed by atoms with E-state index in [1.807, 2.05) is 6.92 Å². The molecule has 0 saturated carbocycles. The van der Waals surface area contributed by atoms with E-state index in [9.17, 15) is 4.79 Å². The predicted octanol–water partition coefficient (Wildman–Crippen LogP) is 0.302. The second-order valence-electron chi connectivity index (χ2n) is 4.95. The van der Waals surface area contributed by atoms with Gasteiger partial charge in [-0.2, -0.15) is 0 Å². The molecule has 0 spiro atoms. The number of rotatable bonds is 6. The summed E-state index contributed by atoms with van der Waals surface area (Å²) in [6, 6.07) is -0.416. The second kappa shape index (κ2) is 5.80. The fourth-order valence-corrected chi connectivity index (χ4v) is 2.75. The lowest BCUT2D eigenvalue weighted by atomic mass is 10.2. The number of hydrogen-bond donors (Lipinski definition) is 2. The van der Waals surface area contributed by atoms with Crippen LogP contribution in [-0.4, -0.2) is 60.4 Å². The Hall–Kier alpha value is -0.650. The molecule has 17 heavy (non-hydrogen) atoms. The van der Waals surface area contributed by atoms with Crippen LogP contribution in [0.1, 0.15) is 26.2 Å². The fraction of sp³-hybridized carbons (Fsp3) is 0.917. The summed E-state index contributed by atoms with van der Waals surface area (Å²) in [5.74, 6) is -0.747. The zero-order valence-corrected chi connectivity index (χ0v) is 10.4. The molecule has 0 aromatic carbocycles. The van der Waals surface area contributed by atoms with Gasteiger partial charge >= 0.3 is 5.97 Å². The van der Waals surface area contributed by atoms with Gasteiger partial charge in [-0.1, -0.05) is 6.92 Å². The Balaban J connectivity index is 1.75. The third-order valence-corrected chi connectivity index (χ3v) is 3.60. The van der Waals surface area contributed by atoms with E-state index in [4.69, 9.17) is 9.84 Å². The Morgan fingerprint density at radius 1 is 1.47 bits per heavy atom. The number of nitrogens with one attached hydrogen (secondary N) is 1. The Morgan fingerprint density at radius 3 is 2.65 bits per heavy atom. The van der Waals surface area contributed by atoms with Crippen molar-refractivity contribution in [2.45, 2.75) is 44.4 Å². The van der Waals surface area contributed by atoms with Crippen LogP contribution in [0.15, 0.2) is 0 Å². The zero-order chi connectivity index (χ0) is 12.3. The first-order chi connectivity index (χ1) is 8.19. The molecule has 0 radical (unpaired) electrons. The fourth-order valence-electron chi connectivity index (χ4n) is 2.75. The van der Waals surface area contributed by atoms with Gasteiger partial charge in [0.2, 0.25) is 0 Å². The van der Waals surface area contributed by atoms with Crippen molar-refractivity contribution < 1.29 is 14.6 Å². The number of ether oxygens (including phenoxy) is 1. The summed E-state index contributed by atoms with van der Waals surface area (Å²) in [5.41, 5.74) is 0. The van der Waals surface area contributed by atoms with Gasteiger partial charge in [0.05, 0.1) is 12.2 Å². The van der Waals surface area contributed by atoms with Gasteiger partial charge in [0, 0.05) is 19.6 Å². The average Bonchev–Trinajstić information content (AvgIpc) is 2.63. The molecule has 2 N–H and O–H groups in total. The topological polar surface area (TPSA) is 61.8 Å². The molecule has 98 valence electrons. The minimum absolute atomic E-state index is 0.385. The molecule has 0 amide bonds. The Bertz CT molecular complexity index is 260. The molecule has 2 rings (SSSR count). The van der Waals surface area contributed by atoms with Gasteiger partial charge in [-0.15, -0.1) is 0 Å². The second-order valence-corrected chi connectivity index (χ2v) is 4.95. The first-order valence-corrected chi connectivity index (χ1v) is 6.53. The van der Waals surface area contributed by atoms with Crippen molar-refractivity contribution >= 4 is 5.97 Å². The van der Waals surface area contributed by atoms with E-state index < -0.39 is 12.0 Å². The van der Waals surface area contributed by atoms with Gasteiger partial charge in [0.1, 0.15) is 6.04 Å². The maximum atomic E-state index is 11.0. The molecule has 2 heterocycles. The molecule has 3 atom stereocenters. The van der Waals surface area contributed by atoms with Crippen molar-refractivity contribution in [1.29, 1.82) is 0 Å². The summed E-state index contributed by atoms with van der Waals surface area (Å²) in [6.07, 6.45) is 3.77. The molecule has 2 aliphatic heterocycles.